The fourth-order valence-electron chi connectivity index (χ4n) is 3.78. The maximum absolute atomic E-state index is 13.1. The van der Waals surface area contributed by atoms with E-state index in [9.17, 15) is 17.6 Å². The minimum Gasteiger partial charge on any atom is -0.293 e. The summed E-state index contributed by atoms with van der Waals surface area (Å²) >= 11 is 1.58. The highest BCUT2D eigenvalue weighted by Crippen LogP contribution is 2.31. The van der Waals surface area contributed by atoms with Gasteiger partial charge in [-0.15, -0.1) is 11.3 Å². The van der Waals surface area contributed by atoms with Crippen LogP contribution in [0, 0.1) is 5.82 Å². The van der Waals surface area contributed by atoms with E-state index >= 15 is 0 Å². The lowest BCUT2D eigenvalue weighted by molar-refractivity contribution is -0.137. The van der Waals surface area contributed by atoms with E-state index < -0.39 is 11.7 Å². The normalized spacial score (nSPS) is 14.3. The first kappa shape index (κ1) is 21.7. The zero-order valence-corrected chi connectivity index (χ0v) is 18.1. The lowest BCUT2D eigenvalue weighted by Gasteiger charge is -2.27. The van der Waals surface area contributed by atoms with Crippen molar-refractivity contribution in [1.29, 1.82) is 0 Å². The monoisotopic (exact) mass is 470 g/mol. The molecule has 0 saturated heterocycles. The molecule has 4 nitrogen and oxygen atoms in total. The van der Waals surface area contributed by atoms with Gasteiger partial charge in [-0.2, -0.15) is 13.2 Å². The molecule has 0 unspecified atom stereocenters. The molecule has 2 aromatic heterocycles. The van der Waals surface area contributed by atoms with Gasteiger partial charge in [-0.3, -0.25) is 4.90 Å². The molecule has 9 heteroatoms. The van der Waals surface area contributed by atoms with Gasteiger partial charge in [0.25, 0.3) is 0 Å². The molecule has 4 aromatic rings. The van der Waals surface area contributed by atoms with Gasteiger partial charge in [0.2, 0.25) is 0 Å². The standard InChI is InChI=1S/C24H18F4N4S/c25-19-7-3-16(4-8-19)23-30-12-20(33-23)14-32-10-9-21-17(13-32)11-29-22(31-21)15-1-5-18(6-2-15)24(26,27)28/h1-8,11-12H,9-10,13-14H2. The first-order chi connectivity index (χ1) is 15.8. The Labute approximate surface area is 191 Å². The maximum Gasteiger partial charge on any atom is 0.416 e. The third-order valence-electron chi connectivity index (χ3n) is 5.51. The highest BCUT2D eigenvalue weighted by molar-refractivity contribution is 7.15. The van der Waals surface area contributed by atoms with Crippen LogP contribution in [0.5, 0.6) is 0 Å². The summed E-state index contributed by atoms with van der Waals surface area (Å²) in [6.07, 6.45) is -0.0210. The number of alkyl halides is 3. The zero-order valence-electron chi connectivity index (χ0n) is 17.3. The predicted octanol–water partition coefficient (Wildman–Crippen LogP) is 5.98. The summed E-state index contributed by atoms with van der Waals surface area (Å²) < 4.78 is 51.5. The summed E-state index contributed by atoms with van der Waals surface area (Å²) in [7, 11) is 0. The second-order valence-electron chi connectivity index (χ2n) is 7.84. The third-order valence-corrected chi connectivity index (χ3v) is 6.54. The molecule has 168 valence electrons. The summed E-state index contributed by atoms with van der Waals surface area (Å²) in [4.78, 5) is 16.9. The summed E-state index contributed by atoms with van der Waals surface area (Å²) in [5.74, 6) is 0.161. The Morgan fingerprint density at radius 3 is 2.36 bits per heavy atom. The SMILES string of the molecule is Fc1ccc(-c2ncc(CN3CCc4nc(-c5ccc(C(F)(F)F)cc5)ncc4C3)s2)cc1. The van der Waals surface area contributed by atoms with Gasteiger partial charge in [0.15, 0.2) is 5.82 Å². The predicted molar refractivity (Wildman–Crippen MR) is 118 cm³/mol. The quantitative estimate of drug-likeness (QED) is 0.344. The highest BCUT2D eigenvalue weighted by atomic mass is 32.1. The Kier molecular flexibility index (Phi) is 5.67. The lowest BCUT2D eigenvalue weighted by Crippen LogP contribution is -2.30. The van der Waals surface area contributed by atoms with Crippen molar-refractivity contribution in [1.82, 2.24) is 19.9 Å². The molecule has 33 heavy (non-hydrogen) atoms. The van der Waals surface area contributed by atoms with E-state index in [4.69, 9.17) is 0 Å². The van der Waals surface area contributed by atoms with E-state index in [1.54, 1.807) is 29.7 Å². The molecule has 0 amide bonds. The Hall–Kier alpha value is -3.17. The summed E-state index contributed by atoms with van der Waals surface area (Å²) in [5, 5.41) is 0.854. The molecule has 0 atom stereocenters. The average Bonchev–Trinajstić information content (AvgIpc) is 3.27. The second-order valence-corrected chi connectivity index (χ2v) is 8.96. The first-order valence-corrected chi connectivity index (χ1v) is 11.1. The van der Waals surface area contributed by atoms with E-state index in [1.807, 2.05) is 6.20 Å². The molecule has 0 fully saturated rings. The van der Waals surface area contributed by atoms with Gasteiger partial charge in [-0.05, 0) is 36.4 Å². The lowest BCUT2D eigenvalue weighted by atomic mass is 10.1. The molecule has 0 saturated carbocycles. The van der Waals surface area contributed by atoms with Crippen molar-refractivity contribution in [3.63, 3.8) is 0 Å². The van der Waals surface area contributed by atoms with Gasteiger partial charge in [0.05, 0.1) is 11.3 Å². The van der Waals surface area contributed by atoms with Crippen LogP contribution >= 0.6 is 11.3 Å². The van der Waals surface area contributed by atoms with Crippen LogP contribution < -0.4 is 0 Å². The summed E-state index contributed by atoms with van der Waals surface area (Å²) in [5.41, 5.74) is 2.70. The number of hydrogen-bond donors (Lipinski definition) is 0. The Morgan fingerprint density at radius 1 is 0.909 bits per heavy atom. The van der Waals surface area contributed by atoms with Crippen molar-refractivity contribution in [3.8, 4) is 22.0 Å². The number of fused-ring (bicyclic) bond motifs is 1. The molecule has 0 radical (unpaired) electrons. The van der Waals surface area contributed by atoms with Crippen molar-refractivity contribution in [2.24, 2.45) is 0 Å². The molecular formula is C24H18F4N4S. The largest absolute Gasteiger partial charge is 0.416 e. The first-order valence-electron chi connectivity index (χ1n) is 10.3. The fraction of sp³-hybridized carbons (Fsp3) is 0.208. The third kappa shape index (κ3) is 4.79. The van der Waals surface area contributed by atoms with E-state index in [0.29, 0.717) is 17.9 Å². The number of rotatable bonds is 4. The minimum atomic E-state index is -4.36. The highest BCUT2D eigenvalue weighted by Gasteiger charge is 2.30. The van der Waals surface area contributed by atoms with Gasteiger partial charge < -0.3 is 0 Å². The van der Waals surface area contributed by atoms with Gasteiger partial charge >= 0.3 is 6.18 Å². The number of nitrogens with zero attached hydrogens (tertiary/aromatic N) is 4. The van der Waals surface area contributed by atoms with Crippen molar-refractivity contribution in [2.45, 2.75) is 25.7 Å². The molecule has 3 heterocycles. The second kappa shape index (κ2) is 8.64. The summed E-state index contributed by atoms with van der Waals surface area (Å²) in [6, 6.07) is 11.2. The van der Waals surface area contributed by atoms with Crippen LogP contribution in [-0.4, -0.2) is 26.4 Å². The van der Waals surface area contributed by atoms with E-state index in [1.165, 1.54) is 24.3 Å². The molecule has 2 aromatic carbocycles. The smallest absolute Gasteiger partial charge is 0.293 e. The van der Waals surface area contributed by atoms with Crippen molar-refractivity contribution >= 4 is 11.3 Å². The zero-order chi connectivity index (χ0) is 23.0. The topological polar surface area (TPSA) is 41.9 Å². The number of halogens is 4. The van der Waals surface area contributed by atoms with E-state index in [-0.39, 0.29) is 5.82 Å². The Balaban J connectivity index is 1.27. The minimum absolute atomic E-state index is 0.272. The van der Waals surface area contributed by atoms with Crippen LogP contribution in [0.4, 0.5) is 17.6 Å². The van der Waals surface area contributed by atoms with Crippen molar-refractivity contribution in [3.05, 3.63) is 88.4 Å². The molecule has 1 aliphatic rings. The van der Waals surface area contributed by atoms with E-state index in [2.05, 4.69) is 19.9 Å². The van der Waals surface area contributed by atoms with Gasteiger partial charge in [-0.25, -0.2) is 19.3 Å². The number of aromatic nitrogens is 3. The van der Waals surface area contributed by atoms with Crippen LogP contribution in [-0.2, 0) is 25.7 Å². The van der Waals surface area contributed by atoms with Crippen LogP contribution in [0.3, 0.4) is 0 Å². The van der Waals surface area contributed by atoms with Crippen LogP contribution in [0.25, 0.3) is 22.0 Å². The van der Waals surface area contributed by atoms with E-state index in [0.717, 1.165) is 58.3 Å². The molecule has 5 rings (SSSR count). The molecule has 0 N–H and O–H groups in total. The molecule has 0 bridgehead atoms. The number of hydrogen-bond acceptors (Lipinski definition) is 5. The van der Waals surface area contributed by atoms with Crippen molar-refractivity contribution in [2.75, 3.05) is 6.54 Å². The van der Waals surface area contributed by atoms with Crippen LogP contribution in [0.1, 0.15) is 21.7 Å². The molecule has 0 aliphatic carbocycles. The van der Waals surface area contributed by atoms with Crippen LogP contribution in [0.2, 0.25) is 0 Å². The molecule has 0 spiro atoms. The summed E-state index contributed by atoms with van der Waals surface area (Å²) in [6.45, 7) is 2.23. The Bertz CT molecular complexity index is 1270. The number of thiazole rings is 1. The number of benzene rings is 2. The maximum atomic E-state index is 13.1. The fourth-order valence-corrected chi connectivity index (χ4v) is 4.74. The van der Waals surface area contributed by atoms with Gasteiger partial charge in [0.1, 0.15) is 10.8 Å². The average molecular weight is 470 g/mol. The van der Waals surface area contributed by atoms with Crippen molar-refractivity contribution < 1.29 is 17.6 Å². The van der Waals surface area contributed by atoms with Gasteiger partial charge in [-0.1, -0.05) is 12.1 Å². The van der Waals surface area contributed by atoms with Crippen LogP contribution in [0.15, 0.2) is 60.9 Å². The molecule has 1 aliphatic heterocycles. The Morgan fingerprint density at radius 2 is 1.64 bits per heavy atom. The molecular weight excluding hydrogens is 452 g/mol. The van der Waals surface area contributed by atoms with Gasteiger partial charge in [0, 0.05) is 60.0 Å².